The molecule has 1 aromatic carbocycles. The van der Waals surface area contributed by atoms with Crippen molar-refractivity contribution in [3.05, 3.63) is 30.3 Å². The maximum atomic E-state index is 11.8. The molecule has 1 unspecified atom stereocenters. The summed E-state index contributed by atoms with van der Waals surface area (Å²) in [5, 5.41) is 9.88. The monoisotopic (exact) mass is 377 g/mol. The van der Waals surface area contributed by atoms with Crippen LogP contribution in [0.25, 0.3) is 11.3 Å². The van der Waals surface area contributed by atoms with E-state index in [1.165, 1.54) is 0 Å². The fourth-order valence-corrected chi connectivity index (χ4v) is 2.98. The molecule has 1 aliphatic rings. The first-order chi connectivity index (χ1) is 12.7. The van der Waals surface area contributed by atoms with Gasteiger partial charge in [0.2, 0.25) is 5.91 Å². The van der Waals surface area contributed by atoms with Gasteiger partial charge in [0.1, 0.15) is 5.75 Å². The van der Waals surface area contributed by atoms with Crippen LogP contribution in [-0.2, 0) is 9.53 Å². The van der Waals surface area contributed by atoms with E-state index < -0.39 is 0 Å². The third kappa shape index (κ3) is 5.47. The number of H-pyrrole nitrogens is 1. The molecular weight excluding hydrogens is 354 g/mol. The average Bonchev–Trinajstić information content (AvgIpc) is 3.12. The van der Waals surface area contributed by atoms with Crippen LogP contribution in [0.4, 0.5) is 5.82 Å². The molecule has 3 rings (SSSR count). The highest BCUT2D eigenvalue weighted by molar-refractivity contribution is 6.17. The molecule has 0 radical (unpaired) electrons. The molecule has 0 saturated carbocycles. The van der Waals surface area contributed by atoms with Crippen LogP contribution in [0.3, 0.4) is 0 Å². The van der Waals surface area contributed by atoms with Gasteiger partial charge in [-0.25, -0.2) is 0 Å². The third-order valence-corrected chi connectivity index (χ3v) is 4.47. The maximum Gasteiger partial charge on any atom is 0.225 e. The van der Waals surface area contributed by atoms with E-state index in [9.17, 15) is 4.79 Å². The summed E-state index contributed by atoms with van der Waals surface area (Å²) in [6.07, 6.45) is 5.07. The number of anilines is 1. The first kappa shape index (κ1) is 18.7. The first-order valence-electron chi connectivity index (χ1n) is 9.04. The minimum absolute atomic E-state index is 0.0515. The highest BCUT2D eigenvalue weighted by Gasteiger charge is 2.15. The quantitative estimate of drug-likeness (QED) is 0.530. The normalized spacial score (nSPS) is 17.0. The Kier molecular flexibility index (Phi) is 6.91. The number of hydrogen-bond donors (Lipinski definition) is 2. The van der Waals surface area contributed by atoms with Crippen molar-refractivity contribution >= 4 is 23.3 Å². The standard InChI is InChI=1S/C19H24ClN3O3/c20-11-3-1-5-18(24)21-17-13-16(22-23-17)14-7-9-15(10-8-14)26-19-6-2-4-12-25-19/h7-10,13,19H,1-6,11-12H2,(H2,21,22,23,24). The van der Waals surface area contributed by atoms with Crippen LogP contribution in [0.15, 0.2) is 30.3 Å². The molecule has 0 spiro atoms. The minimum Gasteiger partial charge on any atom is -0.465 e. The molecule has 1 saturated heterocycles. The number of carbonyl (C=O) groups excluding carboxylic acids is 1. The maximum absolute atomic E-state index is 11.8. The molecule has 0 aliphatic carbocycles. The summed E-state index contributed by atoms with van der Waals surface area (Å²) in [6, 6.07) is 9.56. The lowest BCUT2D eigenvalue weighted by Gasteiger charge is -2.23. The Bertz CT molecular complexity index is 696. The van der Waals surface area contributed by atoms with E-state index in [0.717, 1.165) is 55.7 Å². The van der Waals surface area contributed by atoms with Crippen LogP contribution in [0.1, 0.15) is 38.5 Å². The number of hydrogen-bond acceptors (Lipinski definition) is 4. The molecule has 1 atom stereocenters. The van der Waals surface area contributed by atoms with Crippen molar-refractivity contribution in [3.8, 4) is 17.0 Å². The summed E-state index contributed by atoms with van der Waals surface area (Å²) < 4.78 is 11.4. The van der Waals surface area contributed by atoms with Crippen LogP contribution in [0.2, 0.25) is 0 Å². The van der Waals surface area contributed by atoms with Gasteiger partial charge in [0.15, 0.2) is 12.1 Å². The molecule has 2 aromatic rings. The third-order valence-electron chi connectivity index (χ3n) is 4.20. The van der Waals surface area contributed by atoms with Gasteiger partial charge in [-0.05, 0) is 55.5 Å². The topological polar surface area (TPSA) is 76.2 Å². The Morgan fingerprint density at radius 2 is 2.15 bits per heavy atom. The molecule has 1 amide bonds. The van der Waals surface area contributed by atoms with Gasteiger partial charge in [0, 0.05) is 24.8 Å². The molecule has 26 heavy (non-hydrogen) atoms. The van der Waals surface area contributed by atoms with Crippen LogP contribution in [-0.4, -0.2) is 34.9 Å². The number of rotatable bonds is 8. The summed E-state index contributed by atoms with van der Waals surface area (Å²) in [5.74, 6) is 1.83. The van der Waals surface area contributed by atoms with Crippen molar-refractivity contribution in [2.45, 2.75) is 44.8 Å². The van der Waals surface area contributed by atoms with Gasteiger partial charge in [0.05, 0.1) is 12.3 Å². The highest BCUT2D eigenvalue weighted by Crippen LogP contribution is 2.24. The first-order valence-corrected chi connectivity index (χ1v) is 9.58. The zero-order valence-corrected chi connectivity index (χ0v) is 15.4. The Morgan fingerprint density at radius 1 is 1.31 bits per heavy atom. The molecule has 2 heterocycles. The van der Waals surface area contributed by atoms with Crippen molar-refractivity contribution in [1.82, 2.24) is 10.2 Å². The fraction of sp³-hybridized carbons (Fsp3) is 0.474. The molecule has 6 nitrogen and oxygen atoms in total. The second-order valence-electron chi connectivity index (χ2n) is 6.30. The number of unbranched alkanes of at least 4 members (excludes halogenated alkanes) is 1. The molecule has 1 aromatic heterocycles. The van der Waals surface area contributed by atoms with Gasteiger partial charge in [-0.1, -0.05) is 0 Å². The van der Waals surface area contributed by atoms with E-state index >= 15 is 0 Å². The zero-order chi connectivity index (χ0) is 18.2. The fourth-order valence-electron chi connectivity index (χ4n) is 2.79. The molecular formula is C19H24ClN3O3. The van der Waals surface area contributed by atoms with Crippen molar-refractivity contribution in [1.29, 1.82) is 0 Å². The summed E-state index contributed by atoms with van der Waals surface area (Å²) in [6.45, 7) is 0.761. The van der Waals surface area contributed by atoms with Crippen LogP contribution in [0, 0.1) is 0 Å². The Hall–Kier alpha value is -2.05. The van der Waals surface area contributed by atoms with E-state index in [1.807, 2.05) is 30.3 Å². The van der Waals surface area contributed by atoms with Crippen molar-refractivity contribution in [2.24, 2.45) is 0 Å². The van der Waals surface area contributed by atoms with Crippen LogP contribution < -0.4 is 10.1 Å². The number of ether oxygens (including phenoxy) is 2. The summed E-state index contributed by atoms with van der Waals surface area (Å²) in [4.78, 5) is 11.8. The highest BCUT2D eigenvalue weighted by atomic mass is 35.5. The Labute approximate surface area is 158 Å². The van der Waals surface area contributed by atoms with Gasteiger partial charge in [-0.3, -0.25) is 9.89 Å². The lowest BCUT2D eigenvalue weighted by atomic mass is 10.1. The predicted molar refractivity (Wildman–Crippen MR) is 101 cm³/mol. The molecule has 1 fully saturated rings. The van der Waals surface area contributed by atoms with Gasteiger partial charge in [-0.15, -0.1) is 11.6 Å². The van der Waals surface area contributed by atoms with Crippen LogP contribution in [0.5, 0.6) is 5.75 Å². The van der Waals surface area contributed by atoms with E-state index in [0.29, 0.717) is 18.1 Å². The van der Waals surface area contributed by atoms with Gasteiger partial charge >= 0.3 is 0 Å². The van der Waals surface area contributed by atoms with Gasteiger partial charge < -0.3 is 14.8 Å². The minimum atomic E-state index is -0.151. The summed E-state index contributed by atoms with van der Waals surface area (Å²) >= 11 is 5.62. The van der Waals surface area contributed by atoms with E-state index in [1.54, 1.807) is 0 Å². The lowest BCUT2D eigenvalue weighted by Crippen LogP contribution is -2.24. The lowest BCUT2D eigenvalue weighted by molar-refractivity contribution is -0.116. The Balaban J connectivity index is 1.54. The molecule has 140 valence electrons. The largest absolute Gasteiger partial charge is 0.465 e. The van der Waals surface area contributed by atoms with Crippen LogP contribution >= 0.6 is 11.6 Å². The van der Waals surface area contributed by atoms with Gasteiger partial charge in [-0.2, -0.15) is 5.10 Å². The van der Waals surface area contributed by atoms with E-state index in [2.05, 4.69) is 15.5 Å². The number of aromatic amines is 1. The number of amides is 1. The number of carbonyl (C=O) groups is 1. The second-order valence-corrected chi connectivity index (χ2v) is 6.68. The van der Waals surface area contributed by atoms with Crippen molar-refractivity contribution in [3.63, 3.8) is 0 Å². The summed E-state index contributed by atoms with van der Waals surface area (Å²) in [7, 11) is 0. The molecule has 7 heteroatoms. The summed E-state index contributed by atoms with van der Waals surface area (Å²) in [5.41, 5.74) is 1.80. The smallest absolute Gasteiger partial charge is 0.225 e. The molecule has 2 N–H and O–H groups in total. The number of nitrogens with zero attached hydrogens (tertiary/aromatic N) is 1. The Morgan fingerprint density at radius 3 is 2.88 bits per heavy atom. The molecule has 0 bridgehead atoms. The molecule has 1 aliphatic heterocycles. The number of benzene rings is 1. The number of aromatic nitrogens is 2. The van der Waals surface area contributed by atoms with E-state index in [4.69, 9.17) is 21.1 Å². The second kappa shape index (κ2) is 9.59. The van der Waals surface area contributed by atoms with Crippen molar-refractivity contribution < 1.29 is 14.3 Å². The number of halogens is 1. The van der Waals surface area contributed by atoms with Crippen molar-refractivity contribution in [2.75, 3.05) is 17.8 Å². The predicted octanol–water partition coefficient (Wildman–Crippen LogP) is 4.33. The number of nitrogens with one attached hydrogen (secondary N) is 2. The van der Waals surface area contributed by atoms with E-state index in [-0.39, 0.29) is 12.2 Å². The van der Waals surface area contributed by atoms with Gasteiger partial charge in [0.25, 0.3) is 0 Å². The SMILES string of the molecule is O=C(CCCCCl)Nc1cc(-c2ccc(OC3CCCCO3)cc2)[nH]n1. The number of alkyl halides is 1. The zero-order valence-electron chi connectivity index (χ0n) is 14.7. The average molecular weight is 378 g/mol.